The summed E-state index contributed by atoms with van der Waals surface area (Å²) in [6.07, 6.45) is 0. The van der Waals surface area contributed by atoms with Crippen LogP contribution in [-0.2, 0) is 11.5 Å². The Kier molecular flexibility index (Phi) is 5.03. The lowest BCUT2D eigenvalue weighted by Crippen LogP contribution is -2.11. The second-order valence-corrected chi connectivity index (χ2v) is 7.55. The van der Waals surface area contributed by atoms with Crippen LogP contribution in [-0.4, -0.2) is 22.9 Å². The number of anilines is 1. The third kappa shape index (κ3) is 3.97. The standard InChI is InChI=1S/C18H15N3O3S2/c22-17(13-6-7-14-15(8-13)24-11-23-14)19-18-21-20-16(26-18)10-25-9-12-4-2-1-3-5-12/h1-8H,9-11H2,(H,19,21,22). The van der Waals surface area contributed by atoms with Gasteiger partial charge in [0.1, 0.15) is 5.01 Å². The number of aromatic nitrogens is 2. The van der Waals surface area contributed by atoms with Crippen molar-refractivity contribution in [3.63, 3.8) is 0 Å². The molecular formula is C18H15N3O3S2. The van der Waals surface area contributed by atoms with Gasteiger partial charge in [0, 0.05) is 17.1 Å². The molecular weight excluding hydrogens is 370 g/mol. The normalized spacial score (nSPS) is 12.2. The average Bonchev–Trinajstić information content (AvgIpc) is 3.31. The molecule has 2 heterocycles. The van der Waals surface area contributed by atoms with Gasteiger partial charge in [-0.2, -0.15) is 0 Å². The van der Waals surface area contributed by atoms with Crippen LogP contribution in [0.15, 0.2) is 48.5 Å². The predicted octanol–water partition coefficient (Wildman–Crippen LogP) is 3.95. The number of hydrogen-bond acceptors (Lipinski definition) is 7. The second kappa shape index (κ2) is 7.76. The first-order valence-electron chi connectivity index (χ1n) is 7.93. The first-order chi connectivity index (χ1) is 12.8. The zero-order valence-corrected chi connectivity index (χ0v) is 15.3. The molecule has 6 nitrogen and oxygen atoms in total. The van der Waals surface area contributed by atoms with Crippen molar-refractivity contribution < 1.29 is 14.3 Å². The number of carbonyl (C=O) groups is 1. The van der Waals surface area contributed by atoms with Crippen molar-refractivity contribution in [3.8, 4) is 11.5 Å². The van der Waals surface area contributed by atoms with E-state index in [2.05, 4.69) is 27.6 Å². The molecule has 0 fully saturated rings. The summed E-state index contributed by atoms with van der Waals surface area (Å²) >= 11 is 3.15. The molecule has 0 radical (unpaired) electrons. The fraction of sp³-hybridized carbons (Fsp3) is 0.167. The minimum absolute atomic E-state index is 0.181. The van der Waals surface area contributed by atoms with E-state index in [0.29, 0.717) is 22.2 Å². The van der Waals surface area contributed by atoms with E-state index in [9.17, 15) is 4.79 Å². The lowest BCUT2D eigenvalue weighted by Gasteiger charge is -2.02. The van der Waals surface area contributed by atoms with Gasteiger partial charge in [0.2, 0.25) is 11.9 Å². The molecule has 1 aliphatic heterocycles. The third-order valence-corrected chi connectivity index (χ3v) is 5.70. The Hall–Kier alpha value is -2.58. The lowest BCUT2D eigenvalue weighted by molar-refractivity contribution is 0.102. The van der Waals surface area contributed by atoms with E-state index < -0.39 is 0 Å². The van der Waals surface area contributed by atoms with Gasteiger partial charge in [-0.15, -0.1) is 22.0 Å². The van der Waals surface area contributed by atoms with Crippen LogP contribution in [0.4, 0.5) is 5.13 Å². The lowest BCUT2D eigenvalue weighted by atomic mass is 10.2. The van der Waals surface area contributed by atoms with E-state index in [1.165, 1.54) is 16.9 Å². The predicted molar refractivity (Wildman–Crippen MR) is 102 cm³/mol. The molecule has 0 saturated heterocycles. The summed E-state index contributed by atoms with van der Waals surface area (Å²) in [6.45, 7) is 0.181. The topological polar surface area (TPSA) is 73.3 Å². The van der Waals surface area contributed by atoms with Gasteiger partial charge in [-0.3, -0.25) is 10.1 Å². The first-order valence-corrected chi connectivity index (χ1v) is 9.90. The van der Waals surface area contributed by atoms with Gasteiger partial charge in [0.15, 0.2) is 11.5 Å². The Morgan fingerprint density at radius 1 is 1.08 bits per heavy atom. The molecule has 132 valence electrons. The third-order valence-electron chi connectivity index (χ3n) is 3.66. The van der Waals surface area contributed by atoms with Crippen LogP contribution in [0.5, 0.6) is 11.5 Å². The van der Waals surface area contributed by atoms with Crippen LogP contribution in [0.3, 0.4) is 0 Å². The first kappa shape index (κ1) is 16.9. The molecule has 1 aliphatic rings. The number of rotatable bonds is 6. The smallest absolute Gasteiger partial charge is 0.257 e. The Balaban J connectivity index is 1.32. The van der Waals surface area contributed by atoms with E-state index in [4.69, 9.17) is 9.47 Å². The van der Waals surface area contributed by atoms with Crippen molar-refractivity contribution in [1.29, 1.82) is 0 Å². The van der Waals surface area contributed by atoms with Crippen molar-refractivity contribution in [3.05, 3.63) is 64.7 Å². The largest absolute Gasteiger partial charge is 0.454 e. The molecule has 3 aromatic rings. The monoisotopic (exact) mass is 385 g/mol. The molecule has 26 heavy (non-hydrogen) atoms. The van der Waals surface area contributed by atoms with Crippen molar-refractivity contribution >= 4 is 34.1 Å². The Bertz CT molecular complexity index is 915. The SMILES string of the molecule is O=C(Nc1nnc(CSCc2ccccc2)s1)c1ccc2c(c1)OCO2. The zero-order valence-electron chi connectivity index (χ0n) is 13.7. The van der Waals surface area contributed by atoms with Crippen LogP contribution in [0.1, 0.15) is 20.9 Å². The highest BCUT2D eigenvalue weighted by Gasteiger charge is 2.17. The van der Waals surface area contributed by atoms with Crippen LogP contribution in [0, 0.1) is 0 Å². The molecule has 0 unspecified atom stereocenters. The maximum atomic E-state index is 12.3. The van der Waals surface area contributed by atoms with E-state index in [0.717, 1.165) is 16.5 Å². The fourth-order valence-corrected chi connectivity index (χ4v) is 4.18. The summed E-state index contributed by atoms with van der Waals surface area (Å²) in [7, 11) is 0. The number of nitrogens with zero attached hydrogens (tertiary/aromatic N) is 2. The molecule has 0 spiro atoms. The molecule has 1 N–H and O–H groups in total. The fourth-order valence-electron chi connectivity index (χ4n) is 2.40. The van der Waals surface area contributed by atoms with Crippen molar-refractivity contribution in [2.75, 3.05) is 12.1 Å². The molecule has 1 amide bonds. The molecule has 0 bridgehead atoms. The van der Waals surface area contributed by atoms with Crippen LogP contribution in [0.25, 0.3) is 0 Å². The van der Waals surface area contributed by atoms with Gasteiger partial charge in [-0.25, -0.2) is 0 Å². The highest BCUT2D eigenvalue weighted by atomic mass is 32.2. The van der Waals surface area contributed by atoms with E-state index in [1.54, 1.807) is 30.0 Å². The number of fused-ring (bicyclic) bond motifs is 1. The van der Waals surface area contributed by atoms with Gasteiger partial charge in [0.05, 0.1) is 0 Å². The summed E-state index contributed by atoms with van der Waals surface area (Å²) < 4.78 is 10.5. The van der Waals surface area contributed by atoms with E-state index in [-0.39, 0.29) is 12.7 Å². The van der Waals surface area contributed by atoms with E-state index in [1.807, 2.05) is 18.2 Å². The van der Waals surface area contributed by atoms with Gasteiger partial charge >= 0.3 is 0 Å². The quantitative estimate of drug-likeness (QED) is 0.693. The molecule has 1 aromatic heterocycles. The van der Waals surface area contributed by atoms with Gasteiger partial charge in [0.25, 0.3) is 5.91 Å². The molecule has 2 aromatic carbocycles. The number of benzene rings is 2. The number of ether oxygens (including phenoxy) is 2. The molecule has 4 rings (SSSR count). The zero-order chi connectivity index (χ0) is 17.8. The van der Waals surface area contributed by atoms with Crippen molar-refractivity contribution in [2.45, 2.75) is 11.5 Å². The maximum Gasteiger partial charge on any atom is 0.257 e. The van der Waals surface area contributed by atoms with Crippen molar-refractivity contribution in [1.82, 2.24) is 10.2 Å². The molecule has 0 aliphatic carbocycles. The Labute approximate surface area is 158 Å². The minimum atomic E-state index is -0.247. The number of nitrogens with one attached hydrogen (secondary N) is 1. The van der Waals surface area contributed by atoms with Crippen LogP contribution in [0.2, 0.25) is 0 Å². The second-order valence-electron chi connectivity index (χ2n) is 5.50. The van der Waals surface area contributed by atoms with Crippen LogP contribution < -0.4 is 14.8 Å². The highest BCUT2D eigenvalue weighted by molar-refractivity contribution is 7.97. The van der Waals surface area contributed by atoms with Crippen LogP contribution >= 0.6 is 23.1 Å². The summed E-state index contributed by atoms with van der Waals surface area (Å²) in [6, 6.07) is 15.4. The average molecular weight is 385 g/mol. The van der Waals surface area contributed by atoms with E-state index >= 15 is 0 Å². The molecule has 0 saturated carbocycles. The van der Waals surface area contributed by atoms with Gasteiger partial charge in [-0.1, -0.05) is 41.7 Å². The number of carbonyl (C=O) groups excluding carboxylic acids is 1. The summed E-state index contributed by atoms with van der Waals surface area (Å²) in [5.41, 5.74) is 1.77. The molecule has 8 heteroatoms. The Morgan fingerprint density at radius 3 is 2.81 bits per heavy atom. The maximum absolute atomic E-state index is 12.3. The number of amides is 1. The highest BCUT2D eigenvalue weighted by Crippen LogP contribution is 2.32. The number of hydrogen-bond donors (Lipinski definition) is 1. The van der Waals surface area contributed by atoms with Crippen molar-refractivity contribution in [2.24, 2.45) is 0 Å². The minimum Gasteiger partial charge on any atom is -0.454 e. The Morgan fingerprint density at radius 2 is 1.92 bits per heavy atom. The number of thioether (sulfide) groups is 1. The van der Waals surface area contributed by atoms with Gasteiger partial charge < -0.3 is 9.47 Å². The summed E-state index contributed by atoms with van der Waals surface area (Å²) in [4.78, 5) is 12.3. The molecule has 0 atom stereocenters. The summed E-state index contributed by atoms with van der Waals surface area (Å²) in [5, 5.41) is 12.3. The van der Waals surface area contributed by atoms with Gasteiger partial charge in [-0.05, 0) is 23.8 Å². The summed E-state index contributed by atoms with van der Waals surface area (Å²) in [5.74, 6) is 2.65.